The van der Waals surface area contributed by atoms with Crippen LogP contribution >= 0.6 is 39.1 Å². The minimum Gasteiger partial charge on any atom is -0.264 e. The lowest BCUT2D eigenvalue weighted by atomic mass is 10.1. The van der Waals surface area contributed by atoms with E-state index in [1.165, 1.54) is 0 Å². The molecule has 0 atom stereocenters. The molecule has 0 amide bonds. The number of hydrogen-bond acceptors (Lipinski definition) is 2. The minimum atomic E-state index is 0.338. The van der Waals surface area contributed by atoms with E-state index < -0.39 is 0 Å². The Balaban J connectivity index is 2.62. The van der Waals surface area contributed by atoms with Crippen molar-refractivity contribution in [3.8, 4) is 6.07 Å². The Labute approximate surface area is 129 Å². The lowest BCUT2D eigenvalue weighted by Crippen LogP contribution is -1.88. The second-order valence-electron chi connectivity index (χ2n) is 3.67. The van der Waals surface area contributed by atoms with Gasteiger partial charge in [-0.15, -0.1) is 0 Å². The highest BCUT2D eigenvalue weighted by Gasteiger charge is 2.12. The summed E-state index contributed by atoms with van der Waals surface area (Å²) < 4.78 is 0.776. The van der Waals surface area contributed by atoms with Crippen molar-refractivity contribution in [2.75, 3.05) is 0 Å². The van der Waals surface area contributed by atoms with Crippen molar-refractivity contribution in [1.29, 1.82) is 5.26 Å². The highest BCUT2D eigenvalue weighted by molar-refractivity contribution is 9.10. The fourth-order valence-electron chi connectivity index (χ4n) is 1.55. The Kier molecular flexibility index (Phi) is 4.60. The topological polar surface area (TPSA) is 36.7 Å². The number of allylic oxidation sites excluding steroid dienone is 1. The highest BCUT2D eigenvalue weighted by Crippen LogP contribution is 2.34. The van der Waals surface area contributed by atoms with E-state index in [0.717, 1.165) is 4.47 Å². The van der Waals surface area contributed by atoms with Crippen molar-refractivity contribution >= 4 is 49.7 Å². The quantitative estimate of drug-likeness (QED) is 0.702. The molecule has 94 valence electrons. The van der Waals surface area contributed by atoms with Crippen LogP contribution in [0, 0.1) is 11.3 Å². The van der Waals surface area contributed by atoms with Crippen LogP contribution in [0.25, 0.3) is 10.6 Å². The van der Waals surface area contributed by atoms with Crippen molar-refractivity contribution in [3.63, 3.8) is 0 Å². The first kappa shape index (κ1) is 14.1. The third-order valence-corrected chi connectivity index (χ3v) is 3.77. The van der Waals surface area contributed by atoms with Crippen LogP contribution in [-0.4, -0.2) is 4.98 Å². The van der Waals surface area contributed by atoms with E-state index in [4.69, 9.17) is 23.2 Å². The van der Waals surface area contributed by atoms with Gasteiger partial charge in [-0.1, -0.05) is 45.2 Å². The highest BCUT2D eigenvalue weighted by atomic mass is 79.9. The van der Waals surface area contributed by atoms with Crippen molar-refractivity contribution in [3.05, 3.63) is 63.3 Å². The van der Waals surface area contributed by atoms with Gasteiger partial charge in [0.2, 0.25) is 0 Å². The van der Waals surface area contributed by atoms with Gasteiger partial charge in [-0.3, -0.25) is 4.98 Å². The molecule has 2 aromatic rings. The number of halogens is 3. The van der Waals surface area contributed by atoms with Crippen LogP contribution in [0.1, 0.15) is 11.1 Å². The number of nitrogens with zero attached hydrogens (tertiary/aromatic N) is 2. The molecule has 1 heterocycles. The maximum absolute atomic E-state index is 9.30. The normalized spacial score (nSPS) is 11.7. The summed E-state index contributed by atoms with van der Waals surface area (Å²) >= 11 is 15.7. The van der Waals surface area contributed by atoms with E-state index in [0.29, 0.717) is 26.8 Å². The predicted molar refractivity (Wildman–Crippen MR) is 81.7 cm³/mol. The van der Waals surface area contributed by atoms with Gasteiger partial charge in [0.1, 0.15) is 6.07 Å². The van der Waals surface area contributed by atoms with Crippen LogP contribution < -0.4 is 0 Å². The Bertz CT molecular complexity index is 676. The van der Waals surface area contributed by atoms with E-state index in [1.54, 1.807) is 42.7 Å². The number of nitriles is 1. The first-order valence-corrected chi connectivity index (χ1v) is 6.84. The molecule has 1 aromatic carbocycles. The van der Waals surface area contributed by atoms with E-state index in [9.17, 15) is 5.26 Å². The van der Waals surface area contributed by atoms with E-state index in [2.05, 4.69) is 27.0 Å². The van der Waals surface area contributed by atoms with Gasteiger partial charge in [-0.2, -0.15) is 5.26 Å². The van der Waals surface area contributed by atoms with E-state index >= 15 is 0 Å². The standard InChI is InChI=1S/C14H7BrCl2N2/c15-13-4-3-10(16)6-11(13)14(17)12(7-18)9-2-1-5-19-8-9/h1-6,8H/b14-12-. The minimum absolute atomic E-state index is 0.338. The fraction of sp³-hybridized carbons (Fsp3) is 0. The van der Waals surface area contributed by atoms with Crippen LogP contribution in [0.4, 0.5) is 0 Å². The zero-order valence-electron chi connectivity index (χ0n) is 9.57. The SMILES string of the molecule is N#C/C(=C(/Cl)c1cc(Cl)ccc1Br)c1cccnc1. The average Bonchev–Trinajstić information content (AvgIpc) is 2.43. The number of rotatable bonds is 2. The first-order chi connectivity index (χ1) is 9.13. The molecule has 0 aliphatic heterocycles. The molecular formula is C14H7BrCl2N2. The van der Waals surface area contributed by atoms with Crippen LogP contribution in [0.15, 0.2) is 47.2 Å². The molecule has 0 saturated heterocycles. The van der Waals surface area contributed by atoms with Gasteiger partial charge in [0.15, 0.2) is 0 Å². The van der Waals surface area contributed by atoms with Gasteiger partial charge in [0.25, 0.3) is 0 Å². The van der Waals surface area contributed by atoms with E-state index in [1.807, 2.05) is 0 Å². The molecule has 0 unspecified atom stereocenters. The molecule has 19 heavy (non-hydrogen) atoms. The summed E-state index contributed by atoms with van der Waals surface area (Å²) in [5.41, 5.74) is 1.70. The predicted octanol–water partition coefficient (Wildman–Crippen LogP) is 5.13. The molecule has 0 aliphatic carbocycles. The maximum atomic E-state index is 9.30. The van der Waals surface area contributed by atoms with Gasteiger partial charge < -0.3 is 0 Å². The van der Waals surface area contributed by atoms with Crippen LogP contribution in [0.5, 0.6) is 0 Å². The monoisotopic (exact) mass is 352 g/mol. The summed E-state index contributed by atoms with van der Waals surface area (Å²) in [5.74, 6) is 0. The second kappa shape index (κ2) is 6.21. The van der Waals surface area contributed by atoms with Crippen LogP contribution in [0.2, 0.25) is 5.02 Å². The van der Waals surface area contributed by atoms with Crippen molar-refractivity contribution in [2.45, 2.75) is 0 Å². The molecular weight excluding hydrogens is 347 g/mol. The molecule has 0 bridgehead atoms. The Morgan fingerprint density at radius 1 is 1.32 bits per heavy atom. The Morgan fingerprint density at radius 2 is 2.11 bits per heavy atom. The van der Waals surface area contributed by atoms with Crippen LogP contribution in [0.3, 0.4) is 0 Å². The molecule has 0 aliphatic rings. The van der Waals surface area contributed by atoms with Crippen molar-refractivity contribution in [1.82, 2.24) is 4.98 Å². The first-order valence-electron chi connectivity index (χ1n) is 5.29. The molecule has 0 saturated carbocycles. The fourth-order valence-corrected chi connectivity index (χ4v) is 2.59. The molecule has 1 aromatic heterocycles. The molecule has 0 fully saturated rings. The molecule has 0 radical (unpaired) electrons. The largest absolute Gasteiger partial charge is 0.264 e. The van der Waals surface area contributed by atoms with Crippen molar-refractivity contribution < 1.29 is 0 Å². The zero-order valence-corrected chi connectivity index (χ0v) is 12.7. The molecule has 0 N–H and O–H groups in total. The number of benzene rings is 1. The third-order valence-electron chi connectivity index (χ3n) is 2.45. The third kappa shape index (κ3) is 3.16. The van der Waals surface area contributed by atoms with Gasteiger partial charge >= 0.3 is 0 Å². The summed E-state index contributed by atoms with van der Waals surface area (Å²) in [6.07, 6.45) is 3.24. The zero-order chi connectivity index (χ0) is 13.8. The maximum Gasteiger partial charge on any atom is 0.101 e. The summed E-state index contributed by atoms with van der Waals surface area (Å²) in [7, 11) is 0. The van der Waals surface area contributed by atoms with Gasteiger partial charge in [-0.25, -0.2) is 0 Å². The molecule has 2 rings (SSSR count). The Morgan fingerprint density at radius 3 is 2.74 bits per heavy atom. The summed E-state index contributed by atoms with van der Waals surface area (Å²) in [6, 6.07) is 10.9. The lowest BCUT2D eigenvalue weighted by Gasteiger charge is -2.07. The van der Waals surface area contributed by atoms with Gasteiger partial charge in [0, 0.05) is 33.0 Å². The van der Waals surface area contributed by atoms with E-state index in [-0.39, 0.29) is 0 Å². The summed E-state index contributed by atoms with van der Waals surface area (Å²) in [6.45, 7) is 0. The van der Waals surface area contributed by atoms with Gasteiger partial charge in [0.05, 0.1) is 10.6 Å². The molecule has 5 heteroatoms. The van der Waals surface area contributed by atoms with Crippen LogP contribution in [-0.2, 0) is 0 Å². The number of hydrogen-bond donors (Lipinski definition) is 0. The molecule has 2 nitrogen and oxygen atoms in total. The van der Waals surface area contributed by atoms with Gasteiger partial charge in [-0.05, 0) is 24.3 Å². The average molecular weight is 354 g/mol. The summed E-state index contributed by atoms with van der Waals surface area (Å²) in [5, 5.41) is 10.2. The molecule has 0 spiro atoms. The second-order valence-corrected chi connectivity index (χ2v) is 5.34. The Hall–Kier alpha value is -1.34. The smallest absolute Gasteiger partial charge is 0.101 e. The number of aromatic nitrogens is 1. The van der Waals surface area contributed by atoms with Crippen molar-refractivity contribution in [2.24, 2.45) is 0 Å². The lowest BCUT2D eigenvalue weighted by molar-refractivity contribution is 1.31. The number of pyridine rings is 1. The summed E-state index contributed by atoms with van der Waals surface area (Å²) in [4.78, 5) is 3.99.